The van der Waals surface area contributed by atoms with Crippen molar-refractivity contribution in [1.29, 1.82) is 0 Å². The van der Waals surface area contributed by atoms with E-state index in [2.05, 4.69) is 5.32 Å². The van der Waals surface area contributed by atoms with Gasteiger partial charge in [-0.05, 0) is 28.3 Å². The Kier molecular flexibility index (Phi) is 5.85. The van der Waals surface area contributed by atoms with Crippen LogP contribution in [0.1, 0.15) is 35.1 Å². The number of rotatable bonds is 6. The monoisotopic (exact) mass is 441 g/mol. The molecule has 3 aromatic carbocycles. The summed E-state index contributed by atoms with van der Waals surface area (Å²) in [6.07, 6.45) is -1.74. The van der Waals surface area contributed by atoms with Gasteiger partial charge in [0.15, 0.2) is 11.6 Å². The molecule has 3 aromatic rings. The Balaban J connectivity index is 1.51. The minimum Gasteiger partial charge on any atom is -0.481 e. The fraction of sp³-hybridized carbons (Fsp3) is 0.167. The molecule has 1 amide bonds. The van der Waals surface area contributed by atoms with Gasteiger partial charge in [0, 0.05) is 17.5 Å². The molecule has 32 heavy (non-hydrogen) atoms. The number of carboxylic acid groups (broad SMARTS) is 1. The lowest BCUT2D eigenvalue weighted by Gasteiger charge is -2.20. The SMILES string of the molecule is O=C(O)CC(NC(=O)OCC1c2ccccc2-c2ccccc21)c1cc(F)c(F)cc1F. The van der Waals surface area contributed by atoms with E-state index in [1.54, 1.807) is 0 Å². The van der Waals surface area contributed by atoms with Gasteiger partial charge in [-0.3, -0.25) is 4.79 Å². The number of carbonyl (C=O) groups is 2. The average Bonchev–Trinajstić information content (AvgIpc) is 3.08. The number of benzene rings is 3. The number of fused-ring (bicyclic) bond motifs is 3. The highest BCUT2D eigenvalue weighted by atomic mass is 19.2. The molecule has 8 heteroatoms. The van der Waals surface area contributed by atoms with Crippen molar-refractivity contribution in [2.24, 2.45) is 0 Å². The molecule has 0 heterocycles. The molecule has 0 radical (unpaired) electrons. The second kappa shape index (κ2) is 8.74. The smallest absolute Gasteiger partial charge is 0.407 e. The summed E-state index contributed by atoms with van der Waals surface area (Å²) in [7, 11) is 0. The molecule has 4 rings (SSSR count). The number of nitrogens with one attached hydrogen (secondary N) is 1. The first-order valence-electron chi connectivity index (χ1n) is 9.83. The van der Waals surface area contributed by atoms with E-state index < -0.39 is 47.5 Å². The molecule has 5 nitrogen and oxygen atoms in total. The highest BCUT2D eigenvalue weighted by Crippen LogP contribution is 2.44. The lowest BCUT2D eigenvalue weighted by atomic mass is 9.98. The lowest BCUT2D eigenvalue weighted by molar-refractivity contribution is -0.137. The van der Waals surface area contributed by atoms with Crippen LogP contribution in [0.5, 0.6) is 0 Å². The first kappa shape index (κ1) is 21.4. The van der Waals surface area contributed by atoms with Crippen LogP contribution in [-0.4, -0.2) is 23.8 Å². The van der Waals surface area contributed by atoms with E-state index in [0.717, 1.165) is 22.3 Å². The molecule has 0 saturated carbocycles. The van der Waals surface area contributed by atoms with E-state index >= 15 is 0 Å². The summed E-state index contributed by atoms with van der Waals surface area (Å²) in [6.45, 7) is -0.0418. The molecule has 0 aliphatic heterocycles. The van der Waals surface area contributed by atoms with Crippen LogP contribution in [-0.2, 0) is 9.53 Å². The Hall–Kier alpha value is -3.81. The first-order valence-corrected chi connectivity index (χ1v) is 9.83. The Morgan fingerprint density at radius 2 is 1.47 bits per heavy atom. The summed E-state index contributed by atoms with van der Waals surface area (Å²) in [4.78, 5) is 23.6. The molecular formula is C24H18F3NO4. The van der Waals surface area contributed by atoms with Gasteiger partial charge in [0.2, 0.25) is 0 Å². The number of amides is 1. The number of hydrogen-bond donors (Lipinski definition) is 2. The molecule has 1 aliphatic carbocycles. The van der Waals surface area contributed by atoms with Gasteiger partial charge in [-0.25, -0.2) is 18.0 Å². The molecule has 1 atom stereocenters. The van der Waals surface area contributed by atoms with Gasteiger partial charge >= 0.3 is 12.1 Å². The van der Waals surface area contributed by atoms with Crippen LogP contribution in [0.15, 0.2) is 60.7 Å². The third kappa shape index (κ3) is 4.16. The number of carbonyl (C=O) groups excluding carboxylic acids is 1. The normalized spacial score (nSPS) is 13.2. The van der Waals surface area contributed by atoms with Crippen LogP contribution in [0, 0.1) is 17.5 Å². The van der Waals surface area contributed by atoms with E-state index in [1.165, 1.54) is 0 Å². The van der Waals surface area contributed by atoms with Crippen molar-refractivity contribution in [3.05, 3.63) is 94.8 Å². The van der Waals surface area contributed by atoms with E-state index in [4.69, 9.17) is 9.84 Å². The lowest BCUT2D eigenvalue weighted by Crippen LogP contribution is -2.32. The fourth-order valence-corrected chi connectivity index (χ4v) is 4.00. The number of alkyl carbamates (subject to hydrolysis) is 1. The topological polar surface area (TPSA) is 75.6 Å². The predicted molar refractivity (Wildman–Crippen MR) is 110 cm³/mol. The van der Waals surface area contributed by atoms with Gasteiger partial charge in [-0.2, -0.15) is 0 Å². The van der Waals surface area contributed by atoms with E-state index in [1.807, 2.05) is 48.5 Å². The Morgan fingerprint density at radius 1 is 0.906 bits per heavy atom. The van der Waals surface area contributed by atoms with Crippen molar-refractivity contribution in [3.8, 4) is 11.1 Å². The molecule has 0 fully saturated rings. The number of hydrogen-bond acceptors (Lipinski definition) is 3. The van der Waals surface area contributed by atoms with Crippen LogP contribution in [0.4, 0.5) is 18.0 Å². The molecular weight excluding hydrogens is 423 g/mol. The average molecular weight is 441 g/mol. The highest BCUT2D eigenvalue weighted by Gasteiger charge is 2.30. The minimum absolute atomic E-state index is 0.0418. The molecule has 0 spiro atoms. The van der Waals surface area contributed by atoms with Crippen molar-refractivity contribution in [3.63, 3.8) is 0 Å². The molecule has 1 unspecified atom stereocenters. The zero-order valence-electron chi connectivity index (χ0n) is 16.6. The van der Waals surface area contributed by atoms with E-state index in [0.29, 0.717) is 12.1 Å². The standard InChI is InChI=1S/C24H18F3NO4/c25-19-10-21(27)20(26)9-17(19)22(11-23(29)30)28-24(31)32-12-18-15-7-3-1-5-13(15)14-6-2-4-8-16(14)18/h1-10,18,22H,11-12H2,(H,28,31)(H,29,30). The summed E-state index contributed by atoms with van der Waals surface area (Å²) >= 11 is 0. The van der Waals surface area contributed by atoms with E-state index in [-0.39, 0.29) is 12.5 Å². The summed E-state index contributed by atoms with van der Waals surface area (Å²) in [6, 6.07) is 14.8. The fourth-order valence-electron chi connectivity index (χ4n) is 4.00. The third-order valence-corrected chi connectivity index (χ3v) is 5.43. The zero-order chi connectivity index (χ0) is 22.8. The van der Waals surface area contributed by atoms with E-state index in [9.17, 15) is 22.8 Å². The Bertz CT molecular complexity index is 1150. The van der Waals surface area contributed by atoms with Crippen molar-refractivity contribution < 1.29 is 32.6 Å². The molecule has 0 saturated heterocycles. The van der Waals surface area contributed by atoms with Crippen molar-refractivity contribution in [2.45, 2.75) is 18.4 Å². The maximum Gasteiger partial charge on any atom is 0.407 e. The predicted octanol–water partition coefficient (Wildman–Crippen LogP) is 5.16. The molecule has 0 bridgehead atoms. The van der Waals surface area contributed by atoms with Gasteiger partial charge in [0.05, 0.1) is 12.5 Å². The summed E-state index contributed by atoms with van der Waals surface area (Å²) in [5, 5.41) is 11.4. The zero-order valence-corrected chi connectivity index (χ0v) is 16.6. The summed E-state index contributed by atoms with van der Waals surface area (Å²) < 4.78 is 46.3. The van der Waals surface area contributed by atoms with Crippen LogP contribution in [0.25, 0.3) is 11.1 Å². The van der Waals surface area contributed by atoms with Gasteiger partial charge in [0.1, 0.15) is 12.4 Å². The van der Waals surface area contributed by atoms with Crippen LogP contribution in [0.2, 0.25) is 0 Å². The maximum atomic E-state index is 14.2. The van der Waals surface area contributed by atoms with Crippen molar-refractivity contribution in [1.82, 2.24) is 5.32 Å². The highest BCUT2D eigenvalue weighted by molar-refractivity contribution is 5.79. The first-order chi connectivity index (χ1) is 15.3. The number of ether oxygens (including phenoxy) is 1. The second-order valence-corrected chi connectivity index (χ2v) is 7.41. The molecule has 0 aromatic heterocycles. The van der Waals surface area contributed by atoms with Crippen LogP contribution in [0.3, 0.4) is 0 Å². The Labute approximate surface area is 181 Å². The van der Waals surface area contributed by atoms with Crippen molar-refractivity contribution >= 4 is 12.1 Å². The van der Waals surface area contributed by atoms with Crippen molar-refractivity contribution in [2.75, 3.05) is 6.61 Å². The summed E-state index contributed by atoms with van der Waals surface area (Å²) in [5.41, 5.74) is 3.54. The van der Waals surface area contributed by atoms with Crippen LogP contribution >= 0.6 is 0 Å². The molecule has 2 N–H and O–H groups in total. The largest absolute Gasteiger partial charge is 0.481 e. The van der Waals surface area contributed by atoms with Gasteiger partial charge in [-0.1, -0.05) is 48.5 Å². The summed E-state index contributed by atoms with van der Waals surface area (Å²) in [5.74, 6) is -5.54. The quantitative estimate of drug-likeness (QED) is 0.519. The number of aliphatic carboxylic acids is 1. The van der Waals surface area contributed by atoms with Crippen LogP contribution < -0.4 is 5.32 Å². The van der Waals surface area contributed by atoms with Gasteiger partial charge in [-0.15, -0.1) is 0 Å². The molecule has 164 valence electrons. The second-order valence-electron chi connectivity index (χ2n) is 7.41. The Morgan fingerprint density at radius 3 is 2.06 bits per heavy atom. The minimum atomic E-state index is -1.45. The number of halogens is 3. The number of carboxylic acids is 1. The maximum absolute atomic E-state index is 14.2. The third-order valence-electron chi connectivity index (χ3n) is 5.43. The van der Waals surface area contributed by atoms with Gasteiger partial charge in [0.25, 0.3) is 0 Å². The molecule has 1 aliphatic rings. The van der Waals surface area contributed by atoms with Gasteiger partial charge < -0.3 is 15.2 Å².